The van der Waals surface area contributed by atoms with E-state index in [2.05, 4.69) is 57.2 Å². The van der Waals surface area contributed by atoms with Crippen LogP contribution in [0.25, 0.3) is 0 Å². The van der Waals surface area contributed by atoms with Gasteiger partial charge in [-0.1, -0.05) is 82.9 Å². The lowest BCUT2D eigenvalue weighted by molar-refractivity contribution is -0.597. The van der Waals surface area contributed by atoms with Crippen LogP contribution in [-0.4, -0.2) is 17.8 Å². The Morgan fingerprint density at radius 2 is 1.33 bits per heavy atom. The zero-order chi connectivity index (χ0) is 21.6. The number of halogens is 1. The van der Waals surface area contributed by atoms with Crippen molar-refractivity contribution in [2.45, 2.75) is 84.7 Å². The van der Waals surface area contributed by atoms with Crippen molar-refractivity contribution < 1.29 is 31.0 Å². The summed E-state index contributed by atoms with van der Waals surface area (Å²) in [5.74, 6) is 1.14. The highest BCUT2D eigenvalue weighted by Crippen LogP contribution is 2.17. The number of hydrogen-bond acceptors (Lipinski definition) is 2. The summed E-state index contributed by atoms with van der Waals surface area (Å²) in [6, 6.07) is 17.2. The topological polar surface area (TPSA) is 29.5 Å². The van der Waals surface area contributed by atoms with Gasteiger partial charge >= 0.3 is 21.2 Å². The van der Waals surface area contributed by atoms with Gasteiger partial charge in [0.1, 0.15) is 12.4 Å². The average molecular weight is 524 g/mol. The van der Waals surface area contributed by atoms with Crippen LogP contribution in [0, 0.1) is 20.0 Å². The molecule has 0 saturated carbocycles. The fourth-order valence-electron chi connectivity index (χ4n) is 3.45. The maximum absolute atomic E-state index is 10.4. The molecule has 0 fully saturated rings. The summed E-state index contributed by atoms with van der Waals surface area (Å²) in [5.41, 5.74) is 1.31. The number of benzene rings is 2. The van der Waals surface area contributed by atoms with E-state index in [1.165, 1.54) is 64.1 Å². The van der Waals surface area contributed by atoms with Crippen LogP contribution in [0.3, 0.4) is 0 Å². The minimum absolute atomic E-state index is 0.151. The molecule has 2 atom stereocenters. The molecule has 0 saturated heterocycles. The summed E-state index contributed by atoms with van der Waals surface area (Å²) < 4.78 is 8.67. The molecule has 2 rings (SSSR count). The van der Waals surface area contributed by atoms with Gasteiger partial charge in [-0.25, -0.2) is 0 Å². The minimum atomic E-state index is -0.394. The molecule has 2 aromatic carbocycles. The van der Waals surface area contributed by atoms with Gasteiger partial charge in [0, 0.05) is 0 Å². The number of ether oxygens (including phenoxy) is 1. The molecule has 0 aliphatic carbocycles. The first-order chi connectivity index (χ1) is 14.6. The quantitative estimate of drug-likeness (QED) is 0.282. The Labute approximate surface area is 194 Å². The van der Waals surface area contributed by atoms with Gasteiger partial charge in [-0.3, -0.25) is 0 Å². The van der Waals surface area contributed by atoms with Crippen LogP contribution in [0.4, 0.5) is 0 Å². The van der Waals surface area contributed by atoms with Gasteiger partial charge in [0.15, 0.2) is 7.14 Å². The zero-order valence-corrected chi connectivity index (χ0v) is 21.2. The van der Waals surface area contributed by atoms with Crippen LogP contribution in [0.15, 0.2) is 48.5 Å². The minimum Gasteiger partial charge on any atom is -0.491 e. The Hall–Kier alpha value is -1.07. The summed E-state index contributed by atoms with van der Waals surface area (Å²) in [4.78, 5) is 0. The molecule has 0 heterocycles. The summed E-state index contributed by atoms with van der Waals surface area (Å²) in [5, 5.41) is 10.4. The van der Waals surface area contributed by atoms with Crippen molar-refractivity contribution in [2.24, 2.45) is 5.92 Å². The molecule has 2 nitrogen and oxygen atoms in total. The van der Waals surface area contributed by atoms with Gasteiger partial charge in [-0.15, -0.1) is 0 Å². The van der Waals surface area contributed by atoms with Gasteiger partial charge < -0.3 is 9.84 Å². The van der Waals surface area contributed by atoms with E-state index in [9.17, 15) is 5.11 Å². The number of aliphatic hydroxyl groups excluding tert-OH is 1. The number of aryl methyl sites for hydroxylation is 1. The van der Waals surface area contributed by atoms with Crippen molar-refractivity contribution >= 4 is 0 Å². The molecule has 2 aromatic rings. The molecule has 0 bridgehead atoms. The molecule has 0 aliphatic rings. The maximum atomic E-state index is 10.4. The second kappa shape index (κ2) is 14.9. The Kier molecular flexibility index (Phi) is 12.5. The van der Waals surface area contributed by atoms with Crippen LogP contribution in [0.5, 0.6) is 5.75 Å². The van der Waals surface area contributed by atoms with E-state index >= 15 is 0 Å². The van der Waals surface area contributed by atoms with E-state index in [1.54, 1.807) is 0 Å². The highest BCUT2D eigenvalue weighted by atomic mass is 127. The molecule has 0 aliphatic heterocycles. The zero-order valence-electron chi connectivity index (χ0n) is 19.1. The van der Waals surface area contributed by atoms with Crippen LogP contribution in [0.2, 0.25) is 0 Å². The summed E-state index contributed by atoms with van der Waals surface area (Å²) in [6.45, 7) is 6.91. The second-order valence-corrected chi connectivity index (χ2v) is 11.5. The van der Waals surface area contributed by atoms with E-state index < -0.39 is 6.10 Å². The first-order valence-corrected chi connectivity index (χ1v) is 13.9. The fourth-order valence-corrected chi connectivity index (χ4v) is 5.61. The van der Waals surface area contributed by atoms with Crippen molar-refractivity contribution in [1.82, 2.24) is 0 Å². The van der Waals surface area contributed by atoms with Crippen molar-refractivity contribution in [3.05, 3.63) is 61.2 Å². The smallest absolute Gasteiger partial charge is 0.357 e. The van der Waals surface area contributed by atoms with Crippen LogP contribution in [0.1, 0.15) is 77.2 Å². The van der Waals surface area contributed by atoms with E-state index in [0.29, 0.717) is 6.61 Å². The molecule has 0 aromatic heterocycles. The number of rotatable bonds is 15. The first-order valence-electron chi connectivity index (χ1n) is 11.7. The second-order valence-electron chi connectivity index (χ2n) is 8.46. The Balaban J connectivity index is 1.61. The number of unbranched alkanes of at least 4 members (excludes halogenated alkanes) is 7. The first kappa shape index (κ1) is 25.2. The Morgan fingerprint density at radius 3 is 1.93 bits per heavy atom. The van der Waals surface area contributed by atoms with Crippen LogP contribution in [-0.2, 0) is 0 Å². The third kappa shape index (κ3) is 10.3. The molecule has 2 unspecified atom stereocenters. The number of aliphatic hydroxyl groups is 1. The van der Waals surface area contributed by atoms with Gasteiger partial charge in [-0.05, 0) is 55.7 Å². The van der Waals surface area contributed by atoms with E-state index in [0.717, 1.165) is 12.2 Å². The molecule has 0 amide bonds. The molecule has 0 spiro atoms. The molecule has 3 heteroatoms. The van der Waals surface area contributed by atoms with Crippen molar-refractivity contribution in [3.63, 3.8) is 0 Å². The monoisotopic (exact) mass is 523 g/mol. The lowest BCUT2D eigenvalue weighted by atomic mass is 9.97. The number of hydrogen-bond donors (Lipinski definition) is 1. The SMILES string of the molecule is CCCCCCCCCCC(C)C(O)COc1ccc([I+]c2ccc(C)cc2)cc1. The molecular formula is C27H40IO2+. The molecule has 0 radical (unpaired) electrons. The van der Waals surface area contributed by atoms with Gasteiger partial charge in [0.25, 0.3) is 0 Å². The molecule has 166 valence electrons. The third-order valence-electron chi connectivity index (χ3n) is 5.63. The van der Waals surface area contributed by atoms with Crippen molar-refractivity contribution in [2.75, 3.05) is 6.61 Å². The largest absolute Gasteiger partial charge is 0.491 e. The maximum Gasteiger partial charge on any atom is 0.357 e. The van der Waals surface area contributed by atoms with Crippen molar-refractivity contribution in [1.29, 1.82) is 0 Å². The van der Waals surface area contributed by atoms with Crippen LogP contribution >= 0.6 is 0 Å². The Bertz CT molecular complexity index is 681. The lowest BCUT2D eigenvalue weighted by Crippen LogP contribution is -3.61. The molecule has 30 heavy (non-hydrogen) atoms. The summed E-state index contributed by atoms with van der Waals surface area (Å²) in [6.07, 6.45) is 11.3. The normalized spacial score (nSPS) is 13.2. The van der Waals surface area contributed by atoms with E-state index in [4.69, 9.17) is 4.74 Å². The fraction of sp³-hybridized carbons (Fsp3) is 0.556. The summed E-state index contributed by atoms with van der Waals surface area (Å²) in [7, 11) is 0. The van der Waals surface area contributed by atoms with Gasteiger partial charge in [0.05, 0.1) is 6.10 Å². The van der Waals surface area contributed by atoms with E-state index in [-0.39, 0.29) is 27.1 Å². The standard InChI is InChI=1S/C27H40IO2/c1-4-5-6-7-8-9-10-11-12-23(3)27(29)21-30-26-19-17-25(18-20-26)28-24-15-13-22(2)14-16-24/h13-20,23,27,29H,4-12,21H2,1-3H3/q+1. The predicted octanol–water partition coefficient (Wildman–Crippen LogP) is 4.03. The average Bonchev–Trinajstić information content (AvgIpc) is 2.76. The lowest BCUT2D eigenvalue weighted by Gasteiger charge is -2.19. The van der Waals surface area contributed by atoms with E-state index in [1.807, 2.05) is 12.1 Å². The molecular weight excluding hydrogens is 483 g/mol. The molecule has 1 N–H and O–H groups in total. The highest BCUT2D eigenvalue weighted by molar-refractivity contribution is 5.21. The van der Waals surface area contributed by atoms with Crippen molar-refractivity contribution in [3.8, 4) is 5.75 Å². The Morgan fingerprint density at radius 1 is 0.800 bits per heavy atom. The summed E-state index contributed by atoms with van der Waals surface area (Å²) >= 11 is -0.151. The van der Waals surface area contributed by atoms with Gasteiger partial charge in [-0.2, -0.15) is 0 Å². The third-order valence-corrected chi connectivity index (χ3v) is 8.32. The highest BCUT2D eigenvalue weighted by Gasteiger charge is 2.17. The van der Waals surface area contributed by atoms with Crippen LogP contribution < -0.4 is 25.9 Å². The van der Waals surface area contributed by atoms with Gasteiger partial charge in [0.2, 0.25) is 0 Å². The predicted molar refractivity (Wildman–Crippen MR) is 123 cm³/mol.